The molecular formula is C22H24ClNO4. The maximum atomic E-state index is 10.5. The number of hydrogen-bond acceptors (Lipinski definition) is 5. The summed E-state index contributed by atoms with van der Waals surface area (Å²) < 4.78 is 16.4. The summed E-state index contributed by atoms with van der Waals surface area (Å²) in [5.41, 5.74) is 1.09. The first-order chi connectivity index (χ1) is 13.6. The van der Waals surface area contributed by atoms with E-state index in [1.165, 1.54) is 0 Å². The predicted molar refractivity (Wildman–Crippen MR) is 109 cm³/mol. The fourth-order valence-corrected chi connectivity index (χ4v) is 3.04. The van der Waals surface area contributed by atoms with E-state index in [1.807, 2.05) is 36.4 Å². The van der Waals surface area contributed by atoms with Crippen molar-refractivity contribution in [2.75, 3.05) is 20.3 Å². The van der Waals surface area contributed by atoms with E-state index in [0.717, 1.165) is 17.1 Å². The number of methoxy groups -OCH3 is 1. The Morgan fingerprint density at radius 2 is 1.86 bits per heavy atom. The molecule has 148 valence electrons. The van der Waals surface area contributed by atoms with Gasteiger partial charge in [0.05, 0.1) is 19.9 Å². The van der Waals surface area contributed by atoms with Crippen molar-refractivity contribution in [3.05, 3.63) is 83.3 Å². The third-order valence-corrected chi connectivity index (χ3v) is 4.48. The number of benzene rings is 2. The van der Waals surface area contributed by atoms with Crippen LogP contribution in [0.3, 0.4) is 0 Å². The number of halogens is 1. The highest BCUT2D eigenvalue weighted by atomic mass is 35.5. The van der Waals surface area contributed by atoms with Crippen molar-refractivity contribution in [3.63, 3.8) is 0 Å². The monoisotopic (exact) mass is 401 g/mol. The van der Waals surface area contributed by atoms with Crippen molar-refractivity contribution in [1.29, 1.82) is 0 Å². The Balaban J connectivity index is 1.61. The number of aliphatic hydroxyl groups is 1. The zero-order chi connectivity index (χ0) is 19.8. The van der Waals surface area contributed by atoms with Crippen molar-refractivity contribution >= 4 is 11.6 Å². The summed E-state index contributed by atoms with van der Waals surface area (Å²) in [6, 6.07) is 18.8. The molecule has 0 saturated heterocycles. The minimum Gasteiger partial charge on any atom is -0.497 e. The zero-order valence-electron chi connectivity index (χ0n) is 15.8. The molecule has 0 saturated carbocycles. The second kappa shape index (κ2) is 10.2. The zero-order valence-corrected chi connectivity index (χ0v) is 16.5. The molecule has 6 heteroatoms. The summed E-state index contributed by atoms with van der Waals surface area (Å²) in [4.78, 5) is 2.11. The lowest BCUT2D eigenvalue weighted by Gasteiger charge is -2.24. The fourth-order valence-electron chi connectivity index (χ4n) is 2.91. The van der Waals surface area contributed by atoms with Crippen LogP contribution in [0.1, 0.15) is 11.3 Å². The van der Waals surface area contributed by atoms with Gasteiger partial charge in [-0.15, -0.1) is 0 Å². The lowest BCUT2D eigenvalue weighted by Crippen LogP contribution is -2.35. The average molecular weight is 402 g/mol. The quantitative estimate of drug-likeness (QED) is 0.546. The first-order valence-corrected chi connectivity index (χ1v) is 9.44. The first kappa shape index (κ1) is 20.3. The summed E-state index contributed by atoms with van der Waals surface area (Å²) in [6.07, 6.45) is 0.996. The van der Waals surface area contributed by atoms with Gasteiger partial charge in [0.2, 0.25) is 0 Å². The SMILES string of the molecule is COc1cccc(CN(Cc2ccco2)C[C@H](O)COc2ccc(Cl)cc2)c1. The summed E-state index contributed by atoms with van der Waals surface area (Å²) in [5, 5.41) is 11.1. The molecule has 0 radical (unpaired) electrons. The molecule has 28 heavy (non-hydrogen) atoms. The molecule has 0 aliphatic heterocycles. The summed E-state index contributed by atoms with van der Waals surface area (Å²) >= 11 is 5.88. The molecule has 0 amide bonds. The van der Waals surface area contributed by atoms with Crippen LogP contribution < -0.4 is 9.47 Å². The first-order valence-electron chi connectivity index (χ1n) is 9.06. The van der Waals surface area contributed by atoms with E-state index in [0.29, 0.717) is 30.4 Å². The van der Waals surface area contributed by atoms with Crippen LogP contribution in [0.25, 0.3) is 0 Å². The van der Waals surface area contributed by atoms with E-state index in [-0.39, 0.29) is 6.61 Å². The topological polar surface area (TPSA) is 55.1 Å². The molecule has 0 unspecified atom stereocenters. The van der Waals surface area contributed by atoms with E-state index in [2.05, 4.69) is 4.90 Å². The maximum Gasteiger partial charge on any atom is 0.119 e. The van der Waals surface area contributed by atoms with Gasteiger partial charge in [0.1, 0.15) is 30.0 Å². The number of ether oxygens (including phenoxy) is 2. The molecule has 2 aromatic carbocycles. The van der Waals surface area contributed by atoms with Gasteiger partial charge in [0.25, 0.3) is 0 Å². The van der Waals surface area contributed by atoms with E-state index in [4.69, 9.17) is 25.5 Å². The molecule has 0 fully saturated rings. The highest BCUT2D eigenvalue weighted by Gasteiger charge is 2.15. The van der Waals surface area contributed by atoms with Crippen LogP contribution in [-0.4, -0.2) is 36.4 Å². The van der Waals surface area contributed by atoms with Crippen LogP contribution in [-0.2, 0) is 13.1 Å². The molecule has 0 aliphatic rings. The van der Waals surface area contributed by atoms with Crippen molar-refractivity contribution in [3.8, 4) is 11.5 Å². The minimum absolute atomic E-state index is 0.189. The van der Waals surface area contributed by atoms with E-state index < -0.39 is 6.10 Å². The van der Waals surface area contributed by atoms with Gasteiger partial charge in [-0.1, -0.05) is 23.7 Å². The molecule has 1 aromatic heterocycles. The lowest BCUT2D eigenvalue weighted by molar-refractivity contribution is 0.0604. The standard InChI is InChI=1S/C22H24ClNO4/c1-26-21-5-2-4-17(12-21)13-24(15-22-6-3-11-27-22)14-19(25)16-28-20-9-7-18(23)8-10-20/h2-12,19,25H,13-16H2,1H3/t19-/m0/s1. The van der Waals surface area contributed by atoms with Gasteiger partial charge < -0.3 is 19.0 Å². The van der Waals surface area contributed by atoms with Gasteiger partial charge >= 0.3 is 0 Å². The third kappa shape index (κ3) is 6.30. The van der Waals surface area contributed by atoms with Gasteiger partial charge in [-0.05, 0) is 54.1 Å². The molecular weight excluding hydrogens is 378 g/mol. The summed E-state index contributed by atoms with van der Waals surface area (Å²) in [7, 11) is 1.65. The minimum atomic E-state index is -0.656. The number of hydrogen-bond donors (Lipinski definition) is 1. The van der Waals surface area contributed by atoms with Crippen molar-refractivity contribution < 1.29 is 19.0 Å². The smallest absolute Gasteiger partial charge is 0.119 e. The van der Waals surface area contributed by atoms with Crippen LogP contribution in [0.5, 0.6) is 11.5 Å². The molecule has 3 aromatic rings. The van der Waals surface area contributed by atoms with Crippen molar-refractivity contribution in [2.45, 2.75) is 19.2 Å². The molecule has 5 nitrogen and oxygen atoms in total. The molecule has 1 N–H and O–H groups in total. The Hall–Kier alpha value is -2.47. The number of furan rings is 1. The van der Waals surface area contributed by atoms with E-state index >= 15 is 0 Å². The molecule has 3 rings (SSSR count). The highest BCUT2D eigenvalue weighted by Crippen LogP contribution is 2.18. The van der Waals surface area contributed by atoms with Gasteiger partial charge in [0.15, 0.2) is 0 Å². The summed E-state index contributed by atoms with van der Waals surface area (Å²) in [5.74, 6) is 2.32. The van der Waals surface area contributed by atoms with Crippen LogP contribution in [0.15, 0.2) is 71.3 Å². The van der Waals surface area contributed by atoms with E-state index in [9.17, 15) is 5.11 Å². The van der Waals surface area contributed by atoms with Crippen molar-refractivity contribution in [2.24, 2.45) is 0 Å². The molecule has 0 bridgehead atoms. The van der Waals surface area contributed by atoms with Crippen LogP contribution in [0.4, 0.5) is 0 Å². The highest BCUT2D eigenvalue weighted by molar-refractivity contribution is 6.30. The second-order valence-electron chi connectivity index (χ2n) is 6.52. The summed E-state index contributed by atoms with van der Waals surface area (Å²) in [6.45, 7) is 1.86. The van der Waals surface area contributed by atoms with Crippen LogP contribution in [0.2, 0.25) is 5.02 Å². The second-order valence-corrected chi connectivity index (χ2v) is 6.96. The Labute approximate surface area is 170 Å². The van der Waals surface area contributed by atoms with Gasteiger partial charge in [0, 0.05) is 18.1 Å². The Bertz CT molecular complexity index is 836. The lowest BCUT2D eigenvalue weighted by atomic mass is 10.2. The maximum absolute atomic E-state index is 10.5. The predicted octanol–water partition coefficient (Wildman–Crippen LogP) is 4.38. The molecule has 0 aliphatic carbocycles. The van der Waals surface area contributed by atoms with Gasteiger partial charge in [-0.3, -0.25) is 4.90 Å². The Morgan fingerprint density at radius 1 is 1.04 bits per heavy atom. The molecule has 1 heterocycles. The number of nitrogens with zero attached hydrogens (tertiary/aromatic N) is 1. The fraction of sp³-hybridized carbons (Fsp3) is 0.273. The van der Waals surface area contributed by atoms with Crippen LogP contribution >= 0.6 is 11.6 Å². The van der Waals surface area contributed by atoms with Gasteiger partial charge in [-0.25, -0.2) is 0 Å². The van der Waals surface area contributed by atoms with Crippen molar-refractivity contribution in [1.82, 2.24) is 4.90 Å². The molecule has 1 atom stereocenters. The number of aliphatic hydroxyl groups excluding tert-OH is 1. The Morgan fingerprint density at radius 3 is 2.57 bits per heavy atom. The normalized spacial score (nSPS) is 12.1. The number of rotatable bonds is 10. The Kier molecular flexibility index (Phi) is 7.37. The molecule has 0 spiro atoms. The van der Waals surface area contributed by atoms with Crippen LogP contribution in [0, 0.1) is 0 Å². The average Bonchev–Trinajstić information content (AvgIpc) is 3.20. The van der Waals surface area contributed by atoms with E-state index in [1.54, 1.807) is 37.6 Å². The largest absolute Gasteiger partial charge is 0.497 e. The van der Waals surface area contributed by atoms with Gasteiger partial charge in [-0.2, -0.15) is 0 Å². The third-order valence-electron chi connectivity index (χ3n) is 4.22.